The maximum absolute atomic E-state index is 11.9. The fraction of sp³-hybridized carbons (Fsp3) is 0.429. The lowest BCUT2D eigenvalue weighted by atomic mass is 10.2. The predicted molar refractivity (Wildman–Crippen MR) is 83.4 cm³/mol. The first-order valence-corrected chi connectivity index (χ1v) is 7.39. The van der Waals surface area contributed by atoms with E-state index in [0.29, 0.717) is 41.8 Å². The minimum absolute atomic E-state index is 0.0498. The van der Waals surface area contributed by atoms with Crippen LogP contribution in [0.5, 0.6) is 0 Å². The van der Waals surface area contributed by atoms with Crippen molar-refractivity contribution in [3.05, 3.63) is 28.2 Å². The highest BCUT2D eigenvalue weighted by atomic mass is 79.9. The Hall–Kier alpha value is -1.56. The van der Waals surface area contributed by atoms with Crippen molar-refractivity contribution in [2.45, 2.75) is 20.3 Å². The van der Waals surface area contributed by atoms with E-state index in [-0.39, 0.29) is 11.8 Å². The first-order chi connectivity index (χ1) is 9.49. The summed E-state index contributed by atoms with van der Waals surface area (Å²) >= 11 is 3.28. The van der Waals surface area contributed by atoms with E-state index in [1.54, 1.807) is 23.1 Å². The van der Waals surface area contributed by atoms with Gasteiger partial charge in [-0.25, -0.2) is 0 Å². The van der Waals surface area contributed by atoms with Crippen LogP contribution in [-0.2, 0) is 4.79 Å². The number of halogens is 1. The second-order valence-corrected chi connectivity index (χ2v) is 5.16. The molecule has 0 heterocycles. The van der Waals surface area contributed by atoms with Crippen molar-refractivity contribution in [2.24, 2.45) is 0 Å². The lowest BCUT2D eigenvalue weighted by Gasteiger charge is -2.18. The monoisotopic (exact) mass is 341 g/mol. The predicted octanol–water partition coefficient (Wildman–Crippen LogP) is 2.02. The SMILES string of the molecule is CCN(CC)C(=O)CCNC(=O)c1ccc(N)c(Br)c1. The Morgan fingerprint density at radius 2 is 1.95 bits per heavy atom. The van der Waals surface area contributed by atoms with Gasteiger partial charge in [-0.1, -0.05) is 0 Å². The summed E-state index contributed by atoms with van der Waals surface area (Å²) in [5.74, 6) is -0.160. The molecule has 1 aromatic rings. The summed E-state index contributed by atoms with van der Waals surface area (Å²) in [6, 6.07) is 4.98. The molecule has 0 aliphatic rings. The van der Waals surface area contributed by atoms with Crippen LogP contribution in [0.3, 0.4) is 0 Å². The summed E-state index contributed by atoms with van der Waals surface area (Å²) in [7, 11) is 0. The van der Waals surface area contributed by atoms with E-state index in [1.165, 1.54) is 0 Å². The van der Waals surface area contributed by atoms with Gasteiger partial charge in [0.2, 0.25) is 5.91 Å². The number of rotatable bonds is 6. The largest absolute Gasteiger partial charge is 0.398 e. The van der Waals surface area contributed by atoms with Crippen molar-refractivity contribution in [3.8, 4) is 0 Å². The molecular formula is C14H20BrN3O2. The molecule has 110 valence electrons. The average molecular weight is 342 g/mol. The van der Waals surface area contributed by atoms with Gasteiger partial charge in [0.05, 0.1) is 0 Å². The molecule has 0 aromatic heterocycles. The Balaban J connectivity index is 2.47. The molecule has 0 saturated carbocycles. The zero-order valence-electron chi connectivity index (χ0n) is 11.8. The Labute approximate surface area is 127 Å². The smallest absolute Gasteiger partial charge is 0.251 e. The van der Waals surface area contributed by atoms with Crippen LogP contribution in [0.2, 0.25) is 0 Å². The lowest BCUT2D eigenvalue weighted by molar-refractivity contribution is -0.130. The van der Waals surface area contributed by atoms with Crippen molar-refractivity contribution >= 4 is 33.4 Å². The normalized spacial score (nSPS) is 10.2. The van der Waals surface area contributed by atoms with Gasteiger partial charge in [0, 0.05) is 41.8 Å². The lowest BCUT2D eigenvalue weighted by Crippen LogP contribution is -2.34. The molecule has 0 atom stereocenters. The molecule has 0 aliphatic carbocycles. The summed E-state index contributed by atoms with van der Waals surface area (Å²) in [5, 5.41) is 2.73. The zero-order chi connectivity index (χ0) is 15.1. The van der Waals surface area contributed by atoms with Crippen LogP contribution in [-0.4, -0.2) is 36.3 Å². The third-order valence-corrected chi connectivity index (χ3v) is 3.69. The minimum Gasteiger partial charge on any atom is -0.398 e. The van der Waals surface area contributed by atoms with Gasteiger partial charge in [0.25, 0.3) is 5.91 Å². The van der Waals surface area contributed by atoms with Crippen molar-refractivity contribution < 1.29 is 9.59 Å². The van der Waals surface area contributed by atoms with Gasteiger partial charge >= 0.3 is 0 Å². The standard InChI is InChI=1S/C14H20BrN3O2/c1-3-18(4-2)13(19)7-8-17-14(20)10-5-6-12(16)11(15)9-10/h5-6,9H,3-4,7-8,16H2,1-2H3,(H,17,20). The quantitative estimate of drug-likeness (QED) is 0.777. The molecular weight excluding hydrogens is 322 g/mol. The van der Waals surface area contributed by atoms with Crippen LogP contribution >= 0.6 is 15.9 Å². The summed E-state index contributed by atoms with van der Waals surface area (Å²) < 4.78 is 0.685. The van der Waals surface area contributed by atoms with E-state index in [2.05, 4.69) is 21.2 Å². The zero-order valence-corrected chi connectivity index (χ0v) is 13.4. The number of nitrogen functional groups attached to an aromatic ring is 1. The molecule has 20 heavy (non-hydrogen) atoms. The van der Waals surface area contributed by atoms with Gasteiger partial charge in [-0.3, -0.25) is 9.59 Å². The van der Waals surface area contributed by atoms with E-state index in [0.717, 1.165) is 0 Å². The number of benzene rings is 1. The number of nitrogens with one attached hydrogen (secondary N) is 1. The first kappa shape index (κ1) is 16.5. The number of anilines is 1. The molecule has 1 aromatic carbocycles. The number of carbonyl (C=O) groups excluding carboxylic acids is 2. The Morgan fingerprint density at radius 1 is 1.30 bits per heavy atom. The average Bonchev–Trinajstić information content (AvgIpc) is 2.43. The third kappa shape index (κ3) is 4.52. The Bertz CT molecular complexity index is 487. The Morgan fingerprint density at radius 3 is 2.50 bits per heavy atom. The van der Waals surface area contributed by atoms with Gasteiger partial charge in [0.15, 0.2) is 0 Å². The number of nitrogens with zero attached hydrogens (tertiary/aromatic N) is 1. The van der Waals surface area contributed by atoms with Crippen molar-refractivity contribution in [3.63, 3.8) is 0 Å². The van der Waals surface area contributed by atoms with E-state index >= 15 is 0 Å². The summed E-state index contributed by atoms with van der Waals surface area (Å²) in [6.45, 7) is 5.58. The molecule has 0 spiro atoms. The van der Waals surface area contributed by atoms with Crippen molar-refractivity contribution in [2.75, 3.05) is 25.4 Å². The number of amides is 2. The van der Waals surface area contributed by atoms with Gasteiger partial charge < -0.3 is 16.0 Å². The molecule has 1 rings (SSSR count). The van der Waals surface area contributed by atoms with Gasteiger partial charge in [-0.05, 0) is 48.0 Å². The highest BCUT2D eigenvalue weighted by molar-refractivity contribution is 9.10. The maximum atomic E-state index is 11.9. The van der Waals surface area contributed by atoms with Crippen molar-refractivity contribution in [1.82, 2.24) is 10.2 Å². The summed E-state index contributed by atoms with van der Waals surface area (Å²) in [5.41, 5.74) is 6.76. The molecule has 3 N–H and O–H groups in total. The Kier molecular flexibility index (Phi) is 6.51. The van der Waals surface area contributed by atoms with E-state index in [9.17, 15) is 9.59 Å². The molecule has 0 unspecified atom stereocenters. The summed E-state index contributed by atoms with van der Waals surface area (Å²) in [4.78, 5) is 25.4. The number of carbonyl (C=O) groups is 2. The summed E-state index contributed by atoms with van der Waals surface area (Å²) in [6.07, 6.45) is 0.309. The van der Waals surface area contributed by atoms with Crippen LogP contribution in [0.4, 0.5) is 5.69 Å². The van der Waals surface area contributed by atoms with E-state index in [1.807, 2.05) is 13.8 Å². The van der Waals surface area contributed by atoms with Crippen LogP contribution in [0.1, 0.15) is 30.6 Å². The van der Waals surface area contributed by atoms with Crippen LogP contribution in [0.25, 0.3) is 0 Å². The van der Waals surface area contributed by atoms with Crippen LogP contribution in [0, 0.1) is 0 Å². The van der Waals surface area contributed by atoms with Gasteiger partial charge in [-0.15, -0.1) is 0 Å². The van der Waals surface area contributed by atoms with Crippen LogP contribution < -0.4 is 11.1 Å². The maximum Gasteiger partial charge on any atom is 0.251 e. The fourth-order valence-corrected chi connectivity index (χ4v) is 2.17. The third-order valence-electron chi connectivity index (χ3n) is 3.00. The van der Waals surface area contributed by atoms with Gasteiger partial charge in [0.1, 0.15) is 0 Å². The van der Waals surface area contributed by atoms with Gasteiger partial charge in [-0.2, -0.15) is 0 Å². The highest BCUT2D eigenvalue weighted by Gasteiger charge is 2.11. The topological polar surface area (TPSA) is 75.4 Å². The molecule has 5 nitrogen and oxygen atoms in total. The van der Waals surface area contributed by atoms with Crippen LogP contribution in [0.15, 0.2) is 22.7 Å². The first-order valence-electron chi connectivity index (χ1n) is 6.60. The van der Waals surface area contributed by atoms with E-state index in [4.69, 9.17) is 5.73 Å². The molecule has 6 heteroatoms. The number of hydrogen-bond acceptors (Lipinski definition) is 3. The second kappa shape index (κ2) is 7.89. The van der Waals surface area contributed by atoms with Crippen molar-refractivity contribution in [1.29, 1.82) is 0 Å². The molecule has 0 aliphatic heterocycles. The number of hydrogen-bond donors (Lipinski definition) is 2. The molecule has 0 saturated heterocycles. The molecule has 0 bridgehead atoms. The highest BCUT2D eigenvalue weighted by Crippen LogP contribution is 2.20. The number of nitrogens with two attached hydrogens (primary N) is 1. The fourth-order valence-electron chi connectivity index (χ4n) is 1.79. The molecule has 2 amide bonds. The van der Waals surface area contributed by atoms with E-state index < -0.39 is 0 Å². The molecule has 0 radical (unpaired) electrons. The molecule has 0 fully saturated rings. The minimum atomic E-state index is -0.210. The second-order valence-electron chi connectivity index (χ2n) is 4.31.